The molecule has 0 spiro atoms. The predicted octanol–water partition coefficient (Wildman–Crippen LogP) is 4.97. The summed E-state index contributed by atoms with van der Waals surface area (Å²) >= 11 is 3.39. The molecular weight excluding hydrogens is 321 g/mol. The molecule has 2 aromatic carbocycles. The fourth-order valence-electron chi connectivity index (χ4n) is 1.88. The molecule has 0 aliphatic heterocycles. The Morgan fingerprint density at radius 1 is 1.20 bits per heavy atom. The lowest BCUT2D eigenvalue weighted by Crippen LogP contribution is -2.13. The lowest BCUT2D eigenvalue weighted by atomic mass is 10.0. The molecular formula is C16H17BrFNO. The van der Waals surface area contributed by atoms with Crippen molar-refractivity contribution in [1.29, 1.82) is 0 Å². The van der Waals surface area contributed by atoms with Crippen molar-refractivity contribution in [2.75, 3.05) is 7.05 Å². The van der Waals surface area contributed by atoms with Gasteiger partial charge in [-0.2, -0.15) is 0 Å². The number of rotatable bonds is 4. The summed E-state index contributed by atoms with van der Waals surface area (Å²) in [6.45, 7) is 3.70. The number of hydrogen-bond donors (Lipinski definition) is 1. The molecule has 1 N–H and O–H groups in total. The smallest absolute Gasteiger partial charge is 0.132 e. The number of nitrogens with one attached hydrogen (secondary N) is 1. The van der Waals surface area contributed by atoms with Crippen LogP contribution in [0.3, 0.4) is 0 Å². The van der Waals surface area contributed by atoms with E-state index in [-0.39, 0.29) is 11.9 Å². The average molecular weight is 338 g/mol. The van der Waals surface area contributed by atoms with E-state index < -0.39 is 0 Å². The van der Waals surface area contributed by atoms with Crippen molar-refractivity contribution in [3.8, 4) is 11.5 Å². The maximum Gasteiger partial charge on any atom is 0.132 e. The Morgan fingerprint density at radius 2 is 1.85 bits per heavy atom. The van der Waals surface area contributed by atoms with Crippen molar-refractivity contribution >= 4 is 15.9 Å². The van der Waals surface area contributed by atoms with Crippen LogP contribution in [0, 0.1) is 12.7 Å². The second-order valence-electron chi connectivity index (χ2n) is 4.71. The molecule has 1 unspecified atom stereocenters. The van der Waals surface area contributed by atoms with Gasteiger partial charge in [-0.1, -0.05) is 15.9 Å². The van der Waals surface area contributed by atoms with E-state index in [1.165, 1.54) is 6.07 Å². The van der Waals surface area contributed by atoms with E-state index >= 15 is 0 Å². The molecule has 20 heavy (non-hydrogen) atoms. The molecule has 4 heteroatoms. The van der Waals surface area contributed by atoms with Gasteiger partial charge in [-0.05, 0) is 62.9 Å². The van der Waals surface area contributed by atoms with Gasteiger partial charge in [0.2, 0.25) is 0 Å². The SMILES string of the molecule is CNC(C)c1cc(F)c(C)cc1Oc1ccc(Br)cc1. The van der Waals surface area contributed by atoms with Crippen LogP contribution in [0.5, 0.6) is 11.5 Å². The third-order valence-electron chi connectivity index (χ3n) is 3.23. The molecule has 2 aromatic rings. The average Bonchev–Trinajstić information content (AvgIpc) is 2.44. The van der Waals surface area contributed by atoms with Gasteiger partial charge < -0.3 is 10.1 Å². The number of hydrogen-bond acceptors (Lipinski definition) is 2. The van der Waals surface area contributed by atoms with E-state index in [2.05, 4.69) is 21.2 Å². The van der Waals surface area contributed by atoms with E-state index in [0.29, 0.717) is 11.3 Å². The number of ether oxygens (including phenoxy) is 1. The van der Waals surface area contributed by atoms with Crippen LogP contribution in [0.15, 0.2) is 40.9 Å². The van der Waals surface area contributed by atoms with Gasteiger partial charge in [-0.15, -0.1) is 0 Å². The summed E-state index contributed by atoms with van der Waals surface area (Å²) in [6.07, 6.45) is 0. The Bertz CT molecular complexity index is 598. The first-order valence-electron chi connectivity index (χ1n) is 6.42. The highest BCUT2D eigenvalue weighted by atomic mass is 79.9. The molecule has 0 radical (unpaired) electrons. The van der Waals surface area contributed by atoms with Crippen LogP contribution in [-0.2, 0) is 0 Å². The number of halogens is 2. The standard InChI is InChI=1S/C16H17BrFNO/c1-10-8-16(14(9-15(10)18)11(2)19-3)20-13-6-4-12(17)5-7-13/h4-9,11,19H,1-3H3. The molecule has 0 aromatic heterocycles. The van der Waals surface area contributed by atoms with Crippen molar-refractivity contribution < 1.29 is 9.13 Å². The number of aryl methyl sites for hydroxylation is 1. The van der Waals surface area contributed by atoms with Crippen LogP contribution in [0.1, 0.15) is 24.1 Å². The van der Waals surface area contributed by atoms with Crippen molar-refractivity contribution in [3.63, 3.8) is 0 Å². The highest BCUT2D eigenvalue weighted by Gasteiger charge is 2.14. The summed E-state index contributed by atoms with van der Waals surface area (Å²) in [7, 11) is 1.84. The zero-order valence-corrected chi connectivity index (χ0v) is 13.3. The summed E-state index contributed by atoms with van der Waals surface area (Å²) in [5.41, 5.74) is 1.38. The lowest BCUT2D eigenvalue weighted by molar-refractivity contribution is 0.462. The maximum absolute atomic E-state index is 13.8. The molecule has 106 valence electrons. The van der Waals surface area contributed by atoms with Gasteiger partial charge in [0.05, 0.1) is 0 Å². The first kappa shape index (κ1) is 15.0. The van der Waals surface area contributed by atoms with Crippen LogP contribution in [0.4, 0.5) is 4.39 Å². The molecule has 0 bridgehead atoms. The van der Waals surface area contributed by atoms with Gasteiger partial charge in [0.25, 0.3) is 0 Å². The second kappa shape index (κ2) is 6.37. The minimum Gasteiger partial charge on any atom is -0.457 e. The summed E-state index contributed by atoms with van der Waals surface area (Å²) in [6, 6.07) is 10.8. The maximum atomic E-state index is 13.8. The van der Waals surface area contributed by atoms with Crippen molar-refractivity contribution in [2.24, 2.45) is 0 Å². The molecule has 0 heterocycles. The van der Waals surface area contributed by atoms with Gasteiger partial charge >= 0.3 is 0 Å². The fourth-order valence-corrected chi connectivity index (χ4v) is 2.15. The molecule has 0 amide bonds. The molecule has 0 fully saturated rings. The third kappa shape index (κ3) is 3.38. The molecule has 0 saturated heterocycles. The van der Waals surface area contributed by atoms with Crippen molar-refractivity contribution in [3.05, 3.63) is 57.8 Å². The van der Waals surface area contributed by atoms with Gasteiger partial charge in [-0.3, -0.25) is 0 Å². The van der Waals surface area contributed by atoms with Crippen LogP contribution in [0.2, 0.25) is 0 Å². The van der Waals surface area contributed by atoms with Gasteiger partial charge in [-0.25, -0.2) is 4.39 Å². The number of benzene rings is 2. The first-order chi connectivity index (χ1) is 9.51. The van der Waals surface area contributed by atoms with Crippen LogP contribution >= 0.6 is 15.9 Å². The summed E-state index contributed by atoms with van der Waals surface area (Å²) in [5.74, 6) is 1.18. The lowest BCUT2D eigenvalue weighted by Gasteiger charge is -2.17. The molecule has 0 saturated carbocycles. The zero-order chi connectivity index (χ0) is 14.7. The molecule has 0 aliphatic carbocycles. The third-order valence-corrected chi connectivity index (χ3v) is 3.76. The molecule has 1 atom stereocenters. The Hall–Kier alpha value is -1.39. The Kier molecular flexibility index (Phi) is 4.78. The monoisotopic (exact) mass is 337 g/mol. The van der Waals surface area contributed by atoms with Crippen LogP contribution in [-0.4, -0.2) is 7.05 Å². The summed E-state index contributed by atoms with van der Waals surface area (Å²) in [4.78, 5) is 0. The topological polar surface area (TPSA) is 21.3 Å². The van der Waals surface area contributed by atoms with E-state index in [4.69, 9.17) is 4.74 Å². The minimum atomic E-state index is -0.217. The molecule has 0 aliphatic rings. The zero-order valence-electron chi connectivity index (χ0n) is 11.7. The second-order valence-corrected chi connectivity index (χ2v) is 5.62. The molecule has 2 nitrogen and oxygen atoms in total. The van der Waals surface area contributed by atoms with Gasteiger partial charge in [0.1, 0.15) is 17.3 Å². The minimum absolute atomic E-state index is 0.00977. The highest BCUT2D eigenvalue weighted by Crippen LogP contribution is 2.32. The highest BCUT2D eigenvalue weighted by molar-refractivity contribution is 9.10. The Labute approximate surface area is 127 Å². The van der Waals surface area contributed by atoms with E-state index in [1.54, 1.807) is 13.0 Å². The Morgan fingerprint density at radius 3 is 2.45 bits per heavy atom. The Balaban J connectivity index is 2.38. The fraction of sp³-hybridized carbons (Fsp3) is 0.250. The van der Waals surface area contributed by atoms with Crippen LogP contribution in [0.25, 0.3) is 0 Å². The summed E-state index contributed by atoms with van der Waals surface area (Å²) < 4.78 is 20.6. The quantitative estimate of drug-likeness (QED) is 0.850. The van der Waals surface area contributed by atoms with Crippen LogP contribution < -0.4 is 10.1 Å². The van der Waals surface area contributed by atoms with E-state index in [9.17, 15) is 4.39 Å². The van der Waals surface area contributed by atoms with Gasteiger partial charge in [0, 0.05) is 16.1 Å². The van der Waals surface area contributed by atoms with E-state index in [1.807, 2.05) is 38.2 Å². The first-order valence-corrected chi connectivity index (χ1v) is 7.21. The van der Waals surface area contributed by atoms with E-state index in [0.717, 1.165) is 15.8 Å². The molecule has 2 rings (SSSR count). The summed E-state index contributed by atoms with van der Waals surface area (Å²) in [5, 5.41) is 3.11. The normalized spacial score (nSPS) is 12.2. The van der Waals surface area contributed by atoms with Crippen molar-refractivity contribution in [1.82, 2.24) is 5.32 Å². The predicted molar refractivity (Wildman–Crippen MR) is 82.8 cm³/mol. The van der Waals surface area contributed by atoms with Gasteiger partial charge in [0.15, 0.2) is 0 Å². The van der Waals surface area contributed by atoms with Crippen molar-refractivity contribution in [2.45, 2.75) is 19.9 Å². The largest absolute Gasteiger partial charge is 0.457 e.